The van der Waals surface area contributed by atoms with E-state index < -0.39 is 20.1 Å². The van der Waals surface area contributed by atoms with E-state index in [2.05, 4.69) is 55.2 Å². The molecule has 0 aliphatic heterocycles. The van der Waals surface area contributed by atoms with Gasteiger partial charge in [-0.25, -0.2) is 13.6 Å². The quantitative estimate of drug-likeness (QED) is 0.0811. The number of benzene rings is 4. The van der Waals surface area contributed by atoms with Gasteiger partial charge in [0.05, 0.1) is 9.79 Å². The number of rotatable bonds is 10. The van der Waals surface area contributed by atoms with Crippen molar-refractivity contribution in [2.24, 2.45) is 5.14 Å². The number of nitrogens with two attached hydrogens (primary N) is 2. The Balaban J connectivity index is 1.46. The summed E-state index contributed by atoms with van der Waals surface area (Å²) in [6.07, 6.45) is 0.735. The van der Waals surface area contributed by atoms with E-state index in [1.165, 1.54) is 54.1 Å². The molecule has 5 rings (SSSR count). The SMILES string of the molecule is Cc1cc(Cc2cc(C)c(Nc3nc(Nc4ccc(S(N)(=O)=O)cc4)nc(Nc4ccc(S(=O)(=O)O)cc4)n3)c(C)c2)cc(C)c1N. The summed E-state index contributed by atoms with van der Waals surface area (Å²) >= 11 is 0. The lowest BCUT2D eigenvalue weighted by Crippen LogP contribution is -2.12. The molecule has 47 heavy (non-hydrogen) atoms. The summed E-state index contributed by atoms with van der Waals surface area (Å²) in [5.74, 6) is 0.445. The zero-order chi connectivity index (χ0) is 34.1. The molecule has 0 saturated heterocycles. The number of aromatic nitrogens is 3. The maximum Gasteiger partial charge on any atom is 0.294 e. The molecule has 13 nitrogen and oxygen atoms in total. The molecule has 0 spiro atoms. The fraction of sp³-hybridized carbons (Fsp3) is 0.156. The number of aryl methyl sites for hydroxylation is 4. The van der Waals surface area contributed by atoms with Crippen LogP contribution in [-0.4, -0.2) is 36.3 Å². The predicted octanol–water partition coefficient (Wildman–Crippen LogP) is 5.40. The fourth-order valence-electron chi connectivity index (χ4n) is 5.11. The average molecular weight is 675 g/mol. The van der Waals surface area contributed by atoms with Gasteiger partial charge in [0, 0.05) is 22.7 Å². The highest BCUT2D eigenvalue weighted by Crippen LogP contribution is 2.29. The van der Waals surface area contributed by atoms with E-state index in [9.17, 15) is 21.4 Å². The van der Waals surface area contributed by atoms with Gasteiger partial charge >= 0.3 is 0 Å². The van der Waals surface area contributed by atoms with Crippen LogP contribution in [0.25, 0.3) is 0 Å². The Bertz CT molecular complexity index is 2050. The summed E-state index contributed by atoms with van der Waals surface area (Å²) in [6.45, 7) is 7.98. The van der Waals surface area contributed by atoms with Gasteiger partial charge in [-0.15, -0.1) is 0 Å². The summed E-state index contributed by atoms with van der Waals surface area (Å²) in [6, 6.07) is 19.6. The minimum Gasteiger partial charge on any atom is -0.398 e. The number of nitrogens with zero attached hydrogens (tertiary/aromatic N) is 3. The largest absolute Gasteiger partial charge is 0.398 e. The Morgan fingerprint density at radius 1 is 0.617 bits per heavy atom. The van der Waals surface area contributed by atoms with Gasteiger partial charge in [0.15, 0.2) is 0 Å². The van der Waals surface area contributed by atoms with E-state index in [1.54, 1.807) is 0 Å². The third kappa shape index (κ3) is 8.20. The Hall–Kier alpha value is -5.09. The van der Waals surface area contributed by atoms with Crippen LogP contribution in [0.2, 0.25) is 0 Å². The number of nitrogen functional groups attached to an aromatic ring is 1. The molecule has 0 aliphatic carbocycles. The number of nitrogens with one attached hydrogen (secondary N) is 3. The van der Waals surface area contributed by atoms with Crippen molar-refractivity contribution in [3.05, 3.63) is 106 Å². The third-order valence-corrected chi connectivity index (χ3v) is 9.17. The van der Waals surface area contributed by atoms with E-state index in [-0.39, 0.29) is 27.6 Å². The van der Waals surface area contributed by atoms with Crippen LogP contribution in [-0.2, 0) is 26.6 Å². The van der Waals surface area contributed by atoms with E-state index in [4.69, 9.17) is 10.9 Å². The van der Waals surface area contributed by atoms with Crippen LogP contribution in [0, 0.1) is 27.7 Å². The van der Waals surface area contributed by atoms with E-state index in [0.29, 0.717) is 11.4 Å². The topological polar surface area (TPSA) is 215 Å². The molecule has 0 fully saturated rings. The van der Waals surface area contributed by atoms with Gasteiger partial charge in [0.1, 0.15) is 0 Å². The smallest absolute Gasteiger partial charge is 0.294 e. The standard InChI is InChI=1S/C32H34N8O5S2/c1-18-13-22(14-19(2)28(18)33)17-23-15-20(3)29(21(4)16-23)37-32-39-30(35-24-5-9-26(10-6-24)46(34,41)42)38-31(40-32)36-25-7-11-27(12-8-25)47(43,44)45/h5-16H,17,33H2,1-4H3,(H2,34,41,42)(H,43,44,45)(H3,35,36,37,38,39,40). The zero-order valence-corrected chi connectivity index (χ0v) is 27.7. The Morgan fingerprint density at radius 3 is 1.40 bits per heavy atom. The first kappa shape index (κ1) is 33.3. The highest BCUT2D eigenvalue weighted by atomic mass is 32.2. The van der Waals surface area contributed by atoms with Gasteiger partial charge in [-0.3, -0.25) is 4.55 Å². The van der Waals surface area contributed by atoms with Crippen LogP contribution in [0.5, 0.6) is 0 Å². The van der Waals surface area contributed by atoms with E-state index >= 15 is 0 Å². The number of hydrogen-bond donors (Lipinski definition) is 6. The van der Waals surface area contributed by atoms with Gasteiger partial charge in [0.25, 0.3) is 10.1 Å². The molecule has 8 N–H and O–H groups in total. The maximum atomic E-state index is 11.7. The molecule has 0 radical (unpaired) electrons. The minimum atomic E-state index is -4.36. The van der Waals surface area contributed by atoms with Crippen LogP contribution >= 0.6 is 0 Å². The van der Waals surface area contributed by atoms with Crippen molar-refractivity contribution in [1.82, 2.24) is 15.0 Å². The zero-order valence-electron chi connectivity index (χ0n) is 26.0. The number of sulfonamides is 1. The number of primary sulfonamides is 1. The van der Waals surface area contributed by atoms with Crippen LogP contribution < -0.4 is 26.8 Å². The van der Waals surface area contributed by atoms with E-state index in [0.717, 1.165) is 45.6 Å². The Labute approximate surface area is 273 Å². The monoisotopic (exact) mass is 674 g/mol. The van der Waals surface area contributed by atoms with Crippen molar-refractivity contribution in [3.8, 4) is 0 Å². The van der Waals surface area contributed by atoms with Crippen molar-refractivity contribution in [2.75, 3.05) is 21.7 Å². The summed E-state index contributed by atoms with van der Waals surface area (Å²) in [7, 11) is -8.23. The summed E-state index contributed by atoms with van der Waals surface area (Å²) < 4.78 is 55.6. The molecule has 0 aliphatic rings. The van der Waals surface area contributed by atoms with Crippen LogP contribution in [0.3, 0.4) is 0 Å². The molecule has 0 amide bonds. The highest BCUT2D eigenvalue weighted by molar-refractivity contribution is 7.89. The lowest BCUT2D eigenvalue weighted by molar-refractivity contribution is 0.483. The number of anilines is 7. The highest BCUT2D eigenvalue weighted by Gasteiger charge is 2.14. The van der Waals surface area contributed by atoms with E-state index in [1.807, 2.05) is 27.7 Å². The molecule has 0 unspecified atom stereocenters. The third-order valence-electron chi connectivity index (χ3n) is 7.37. The van der Waals surface area contributed by atoms with Crippen molar-refractivity contribution in [1.29, 1.82) is 0 Å². The minimum absolute atomic E-state index is 0.0483. The summed E-state index contributed by atoms with van der Waals surface area (Å²) in [5.41, 5.74) is 15.0. The van der Waals surface area contributed by atoms with Gasteiger partial charge in [-0.05, 0) is 116 Å². The molecule has 15 heteroatoms. The summed E-state index contributed by atoms with van der Waals surface area (Å²) in [4.78, 5) is 13.2. The lowest BCUT2D eigenvalue weighted by Gasteiger charge is -2.16. The molecular weight excluding hydrogens is 641 g/mol. The van der Waals surface area contributed by atoms with Crippen molar-refractivity contribution in [2.45, 2.75) is 43.9 Å². The molecular formula is C32H34N8O5S2. The molecule has 1 heterocycles. The van der Waals surface area contributed by atoms with Crippen molar-refractivity contribution >= 4 is 60.7 Å². The average Bonchev–Trinajstić information content (AvgIpc) is 2.97. The second-order valence-electron chi connectivity index (χ2n) is 11.2. The fourth-order valence-corrected chi connectivity index (χ4v) is 6.10. The molecule has 0 saturated carbocycles. The van der Waals surface area contributed by atoms with Crippen LogP contribution in [0.15, 0.2) is 82.6 Å². The molecule has 0 atom stereocenters. The lowest BCUT2D eigenvalue weighted by atomic mass is 9.96. The second kappa shape index (κ2) is 13.0. The first-order chi connectivity index (χ1) is 22.0. The van der Waals surface area contributed by atoms with Crippen LogP contribution in [0.4, 0.5) is 40.6 Å². The Kier molecular flexibility index (Phi) is 9.18. The second-order valence-corrected chi connectivity index (χ2v) is 14.2. The first-order valence-electron chi connectivity index (χ1n) is 14.3. The van der Waals surface area contributed by atoms with Crippen molar-refractivity contribution in [3.63, 3.8) is 0 Å². The summed E-state index contributed by atoms with van der Waals surface area (Å²) in [5, 5.41) is 14.6. The molecule has 5 aromatic rings. The molecule has 0 bridgehead atoms. The normalized spacial score (nSPS) is 11.7. The molecule has 1 aromatic heterocycles. The predicted molar refractivity (Wildman–Crippen MR) is 183 cm³/mol. The number of hydrogen-bond acceptors (Lipinski definition) is 11. The first-order valence-corrected chi connectivity index (χ1v) is 17.3. The van der Waals surface area contributed by atoms with Gasteiger partial charge in [0.2, 0.25) is 27.9 Å². The van der Waals surface area contributed by atoms with Crippen LogP contribution in [0.1, 0.15) is 33.4 Å². The van der Waals surface area contributed by atoms with Crippen molar-refractivity contribution < 1.29 is 21.4 Å². The molecule has 4 aromatic carbocycles. The van der Waals surface area contributed by atoms with Gasteiger partial charge in [-0.1, -0.05) is 24.3 Å². The van der Waals surface area contributed by atoms with Gasteiger partial charge in [-0.2, -0.15) is 23.4 Å². The Morgan fingerprint density at radius 2 is 1.00 bits per heavy atom. The molecule has 244 valence electrons. The van der Waals surface area contributed by atoms with Gasteiger partial charge < -0.3 is 21.7 Å². The maximum absolute atomic E-state index is 11.7.